The smallest absolute Gasteiger partial charge is 0.152 e. The van der Waals surface area contributed by atoms with E-state index in [-0.39, 0.29) is 17.5 Å². The van der Waals surface area contributed by atoms with Gasteiger partial charge in [0.1, 0.15) is 11.6 Å². The molecule has 106 valence electrons. The Morgan fingerprint density at radius 3 is 2.84 bits per heavy atom. The second kappa shape index (κ2) is 5.46. The van der Waals surface area contributed by atoms with Crippen molar-refractivity contribution in [2.24, 2.45) is 0 Å². The zero-order valence-electron chi connectivity index (χ0n) is 11.0. The molecule has 1 heterocycles. The van der Waals surface area contributed by atoms with E-state index in [4.69, 9.17) is 4.74 Å². The Balaban J connectivity index is 2.44. The lowest BCUT2D eigenvalue weighted by Gasteiger charge is -2.22. The van der Waals surface area contributed by atoms with E-state index < -0.39 is 21.7 Å². The predicted molar refractivity (Wildman–Crippen MR) is 71.6 cm³/mol. The summed E-state index contributed by atoms with van der Waals surface area (Å²) in [5.74, 6) is -0.0359. The average Bonchev–Trinajstić information content (AvgIpc) is 2.47. The molecule has 0 aliphatic carbocycles. The summed E-state index contributed by atoms with van der Waals surface area (Å²) < 4.78 is 43.0. The Labute approximate surface area is 112 Å². The lowest BCUT2D eigenvalue weighted by molar-refractivity contribution is 0.387. The summed E-state index contributed by atoms with van der Waals surface area (Å²) in [6, 6.07) is 3.96. The van der Waals surface area contributed by atoms with Gasteiger partial charge < -0.3 is 10.1 Å². The summed E-state index contributed by atoms with van der Waals surface area (Å²) in [6.45, 7) is 1.90. The molecule has 6 heteroatoms. The number of sulfone groups is 1. The van der Waals surface area contributed by atoms with Gasteiger partial charge in [-0.05, 0) is 25.5 Å². The van der Waals surface area contributed by atoms with Gasteiger partial charge in [0, 0.05) is 11.6 Å². The van der Waals surface area contributed by atoms with Crippen molar-refractivity contribution in [3.05, 3.63) is 29.6 Å². The number of nitrogens with one attached hydrogen (secondary N) is 1. The van der Waals surface area contributed by atoms with Crippen LogP contribution in [0.3, 0.4) is 0 Å². The molecule has 0 saturated carbocycles. The van der Waals surface area contributed by atoms with Crippen LogP contribution in [0.25, 0.3) is 0 Å². The lowest BCUT2D eigenvalue weighted by Crippen LogP contribution is -2.32. The Morgan fingerprint density at radius 1 is 1.42 bits per heavy atom. The minimum absolute atomic E-state index is 0.0200. The maximum absolute atomic E-state index is 14.0. The highest BCUT2D eigenvalue weighted by Gasteiger charge is 2.30. The quantitative estimate of drug-likeness (QED) is 0.899. The highest BCUT2D eigenvalue weighted by atomic mass is 32.2. The molecule has 2 unspecified atom stereocenters. The molecule has 1 aromatic rings. The monoisotopic (exact) mass is 287 g/mol. The van der Waals surface area contributed by atoms with Crippen LogP contribution in [0.1, 0.15) is 24.9 Å². The molecule has 1 saturated heterocycles. The number of benzene rings is 1. The Kier molecular flexibility index (Phi) is 4.10. The SMILES string of the molecule is COc1cccc(F)c1C1CS(=O)(=O)CCC(C)N1. The van der Waals surface area contributed by atoms with E-state index in [0.29, 0.717) is 17.7 Å². The summed E-state index contributed by atoms with van der Waals surface area (Å²) in [6.07, 6.45) is 0.537. The van der Waals surface area contributed by atoms with Crippen molar-refractivity contribution in [1.82, 2.24) is 5.32 Å². The van der Waals surface area contributed by atoms with Crippen LogP contribution >= 0.6 is 0 Å². The normalized spacial score (nSPS) is 26.7. The summed E-state index contributed by atoms with van der Waals surface area (Å²) in [4.78, 5) is 0. The number of ether oxygens (including phenoxy) is 1. The molecule has 4 nitrogen and oxygen atoms in total. The molecule has 0 radical (unpaired) electrons. The van der Waals surface area contributed by atoms with E-state index in [1.165, 1.54) is 13.2 Å². The molecule has 1 fully saturated rings. The number of hydrogen-bond donors (Lipinski definition) is 1. The molecule has 0 bridgehead atoms. The van der Waals surface area contributed by atoms with Crippen LogP contribution in [0, 0.1) is 5.82 Å². The first-order valence-electron chi connectivity index (χ1n) is 6.22. The van der Waals surface area contributed by atoms with Crippen molar-refractivity contribution >= 4 is 9.84 Å². The maximum Gasteiger partial charge on any atom is 0.152 e. The summed E-state index contributed by atoms with van der Waals surface area (Å²) in [7, 11) is -1.72. The Hall–Kier alpha value is -1.14. The van der Waals surface area contributed by atoms with Gasteiger partial charge in [-0.1, -0.05) is 6.07 Å². The van der Waals surface area contributed by atoms with Crippen LogP contribution < -0.4 is 10.1 Å². The molecule has 19 heavy (non-hydrogen) atoms. The van der Waals surface area contributed by atoms with Crippen molar-refractivity contribution in [2.45, 2.75) is 25.4 Å². The van der Waals surface area contributed by atoms with Gasteiger partial charge in [0.2, 0.25) is 0 Å². The van der Waals surface area contributed by atoms with Crippen LogP contribution in [-0.2, 0) is 9.84 Å². The lowest BCUT2D eigenvalue weighted by atomic mass is 10.0. The second-order valence-electron chi connectivity index (χ2n) is 4.88. The maximum atomic E-state index is 14.0. The van der Waals surface area contributed by atoms with E-state index in [9.17, 15) is 12.8 Å². The molecule has 2 atom stereocenters. The zero-order chi connectivity index (χ0) is 14.0. The summed E-state index contributed by atoms with van der Waals surface area (Å²) in [5, 5.41) is 3.17. The Morgan fingerprint density at radius 2 is 2.16 bits per heavy atom. The molecule has 0 spiro atoms. The fraction of sp³-hybridized carbons (Fsp3) is 0.538. The third-order valence-corrected chi connectivity index (χ3v) is 5.05. The van der Waals surface area contributed by atoms with Crippen LogP contribution in [0.15, 0.2) is 18.2 Å². The van der Waals surface area contributed by atoms with Crippen molar-refractivity contribution in [3.8, 4) is 5.75 Å². The van der Waals surface area contributed by atoms with E-state index in [2.05, 4.69) is 5.32 Å². The molecular weight excluding hydrogens is 269 g/mol. The fourth-order valence-corrected chi connectivity index (χ4v) is 4.02. The zero-order valence-corrected chi connectivity index (χ0v) is 11.8. The van der Waals surface area contributed by atoms with Gasteiger partial charge in [0.15, 0.2) is 9.84 Å². The summed E-state index contributed by atoms with van der Waals surface area (Å²) in [5.41, 5.74) is 0.294. The molecule has 0 amide bonds. The molecule has 0 aromatic heterocycles. The topological polar surface area (TPSA) is 55.4 Å². The number of methoxy groups -OCH3 is 1. The van der Waals surface area contributed by atoms with Gasteiger partial charge in [-0.15, -0.1) is 0 Å². The predicted octanol–water partition coefficient (Wildman–Crippen LogP) is 1.67. The third-order valence-electron chi connectivity index (χ3n) is 3.35. The first kappa shape index (κ1) is 14.3. The van der Waals surface area contributed by atoms with Gasteiger partial charge in [0.05, 0.1) is 24.7 Å². The van der Waals surface area contributed by atoms with Crippen LogP contribution in [0.2, 0.25) is 0 Å². The van der Waals surface area contributed by atoms with Crippen LogP contribution in [0.4, 0.5) is 4.39 Å². The van der Waals surface area contributed by atoms with E-state index in [1.807, 2.05) is 6.92 Å². The highest BCUT2D eigenvalue weighted by Crippen LogP contribution is 2.30. The molecule has 1 N–H and O–H groups in total. The van der Waals surface area contributed by atoms with Gasteiger partial charge in [-0.25, -0.2) is 12.8 Å². The third kappa shape index (κ3) is 3.25. The fourth-order valence-electron chi connectivity index (χ4n) is 2.37. The van der Waals surface area contributed by atoms with Crippen molar-refractivity contribution in [2.75, 3.05) is 18.6 Å². The molecular formula is C13H18FNO3S. The van der Waals surface area contributed by atoms with Gasteiger partial charge in [-0.3, -0.25) is 0 Å². The van der Waals surface area contributed by atoms with Crippen molar-refractivity contribution < 1.29 is 17.5 Å². The average molecular weight is 287 g/mol. The molecule has 2 rings (SSSR count). The van der Waals surface area contributed by atoms with Gasteiger partial charge >= 0.3 is 0 Å². The number of hydrogen-bond acceptors (Lipinski definition) is 4. The standard InChI is InChI=1S/C13H18FNO3S/c1-9-6-7-19(16,17)8-11(15-9)13-10(14)4-3-5-12(13)18-2/h3-5,9,11,15H,6-8H2,1-2H3. The second-order valence-corrected chi connectivity index (χ2v) is 7.11. The van der Waals surface area contributed by atoms with Crippen LogP contribution in [0.5, 0.6) is 5.75 Å². The van der Waals surface area contributed by atoms with Gasteiger partial charge in [0.25, 0.3) is 0 Å². The first-order chi connectivity index (χ1) is 8.93. The molecule has 1 aliphatic rings. The number of halogens is 1. The minimum atomic E-state index is -3.18. The summed E-state index contributed by atoms with van der Waals surface area (Å²) >= 11 is 0. The van der Waals surface area contributed by atoms with E-state index in [0.717, 1.165) is 0 Å². The van der Waals surface area contributed by atoms with Crippen LogP contribution in [-0.4, -0.2) is 33.1 Å². The van der Waals surface area contributed by atoms with Gasteiger partial charge in [-0.2, -0.15) is 0 Å². The molecule has 1 aromatic carbocycles. The van der Waals surface area contributed by atoms with Crippen molar-refractivity contribution in [1.29, 1.82) is 0 Å². The largest absolute Gasteiger partial charge is 0.496 e. The van der Waals surface area contributed by atoms with E-state index >= 15 is 0 Å². The highest BCUT2D eigenvalue weighted by molar-refractivity contribution is 7.91. The first-order valence-corrected chi connectivity index (χ1v) is 8.04. The number of rotatable bonds is 2. The van der Waals surface area contributed by atoms with E-state index in [1.54, 1.807) is 12.1 Å². The van der Waals surface area contributed by atoms with Crippen molar-refractivity contribution in [3.63, 3.8) is 0 Å². The minimum Gasteiger partial charge on any atom is -0.496 e. The Bertz CT molecular complexity index is 559. The molecule has 1 aliphatic heterocycles.